The fraction of sp³-hybridized carbons (Fsp3) is 0.375. The number of hydrogen-bond donors (Lipinski definition) is 2. The molecule has 3 nitrogen and oxygen atoms in total. The van der Waals surface area contributed by atoms with Gasteiger partial charge in [0.2, 0.25) is 0 Å². The molecule has 0 bridgehead atoms. The summed E-state index contributed by atoms with van der Waals surface area (Å²) in [6, 6.07) is 1.71. The number of pyridine rings is 1. The molecule has 1 heterocycles. The van der Waals surface area contributed by atoms with Gasteiger partial charge in [0.25, 0.3) is 0 Å². The van der Waals surface area contributed by atoms with E-state index in [1.807, 2.05) is 13.8 Å². The Morgan fingerprint density at radius 3 is 2.45 bits per heavy atom. The van der Waals surface area contributed by atoms with Gasteiger partial charge < -0.3 is 11.5 Å². The van der Waals surface area contributed by atoms with Gasteiger partial charge in [-0.1, -0.05) is 13.8 Å². The quantitative estimate of drug-likeness (QED) is 0.637. The molecule has 0 unspecified atom stereocenters. The summed E-state index contributed by atoms with van der Waals surface area (Å²) >= 11 is 0. The Morgan fingerprint density at radius 2 is 2.00 bits per heavy atom. The zero-order chi connectivity index (χ0) is 8.43. The number of nitrogens with zero attached hydrogens (tertiary/aromatic N) is 1. The molecular formula is C8H13N3. The summed E-state index contributed by atoms with van der Waals surface area (Å²) < 4.78 is 0. The zero-order valence-corrected chi connectivity index (χ0v) is 6.83. The van der Waals surface area contributed by atoms with Gasteiger partial charge in [0, 0.05) is 6.20 Å². The third kappa shape index (κ3) is 1.42. The summed E-state index contributed by atoms with van der Waals surface area (Å²) in [4.78, 5) is 4.13. The first-order valence-electron chi connectivity index (χ1n) is 3.62. The molecule has 0 saturated carbocycles. The molecule has 0 aromatic carbocycles. The van der Waals surface area contributed by atoms with Crippen molar-refractivity contribution in [3.8, 4) is 0 Å². The van der Waals surface area contributed by atoms with Crippen LogP contribution in [0.15, 0.2) is 12.3 Å². The Bertz CT molecular complexity index is 256. The number of anilines is 2. The van der Waals surface area contributed by atoms with E-state index in [4.69, 9.17) is 11.5 Å². The number of hydrogen-bond acceptors (Lipinski definition) is 3. The van der Waals surface area contributed by atoms with E-state index in [0.29, 0.717) is 17.3 Å². The second-order valence-corrected chi connectivity index (χ2v) is 2.85. The fourth-order valence-electron chi connectivity index (χ4n) is 0.965. The molecule has 0 saturated heterocycles. The normalized spacial score (nSPS) is 10.5. The summed E-state index contributed by atoms with van der Waals surface area (Å²) in [7, 11) is 0. The van der Waals surface area contributed by atoms with E-state index in [-0.39, 0.29) is 0 Å². The lowest BCUT2D eigenvalue weighted by Gasteiger charge is -2.08. The summed E-state index contributed by atoms with van der Waals surface area (Å²) in [5.41, 5.74) is 13.4. The van der Waals surface area contributed by atoms with Crippen LogP contribution in [0, 0.1) is 0 Å². The summed E-state index contributed by atoms with van der Waals surface area (Å²) in [5.74, 6) is 0.332. The van der Waals surface area contributed by atoms with Crippen LogP contribution in [0.25, 0.3) is 0 Å². The lowest BCUT2D eigenvalue weighted by molar-refractivity contribution is 0.827. The monoisotopic (exact) mass is 151 g/mol. The number of aromatic nitrogens is 1. The molecule has 0 amide bonds. The van der Waals surface area contributed by atoms with Gasteiger partial charge >= 0.3 is 0 Å². The Labute approximate surface area is 66.4 Å². The molecule has 0 aliphatic carbocycles. The molecule has 3 heteroatoms. The third-order valence-corrected chi connectivity index (χ3v) is 1.60. The molecule has 0 fully saturated rings. The predicted octanol–water partition coefficient (Wildman–Crippen LogP) is 1.37. The van der Waals surface area contributed by atoms with E-state index < -0.39 is 0 Å². The minimum atomic E-state index is 0.332. The van der Waals surface area contributed by atoms with Gasteiger partial charge in [-0.05, 0) is 12.0 Å². The van der Waals surface area contributed by atoms with Crippen molar-refractivity contribution in [1.82, 2.24) is 4.98 Å². The number of rotatable bonds is 1. The van der Waals surface area contributed by atoms with Crippen LogP contribution in [-0.4, -0.2) is 4.98 Å². The van der Waals surface area contributed by atoms with E-state index in [9.17, 15) is 0 Å². The van der Waals surface area contributed by atoms with E-state index >= 15 is 0 Å². The maximum Gasteiger partial charge on any atom is 0.0769 e. The van der Waals surface area contributed by atoms with Crippen molar-refractivity contribution in [1.29, 1.82) is 0 Å². The Morgan fingerprint density at radius 1 is 1.36 bits per heavy atom. The van der Waals surface area contributed by atoms with Crippen LogP contribution < -0.4 is 11.5 Å². The van der Waals surface area contributed by atoms with Gasteiger partial charge in [0.15, 0.2) is 0 Å². The van der Waals surface area contributed by atoms with Crippen LogP contribution in [-0.2, 0) is 0 Å². The topological polar surface area (TPSA) is 64.9 Å². The minimum absolute atomic E-state index is 0.332. The molecule has 1 rings (SSSR count). The molecular weight excluding hydrogens is 138 g/mol. The van der Waals surface area contributed by atoms with Crippen molar-refractivity contribution >= 4 is 11.4 Å². The van der Waals surface area contributed by atoms with Crippen LogP contribution in [0.3, 0.4) is 0 Å². The minimum Gasteiger partial charge on any atom is -0.397 e. The standard InChI is InChI=1S/C8H13N3/c1-5(2)8-7(10)6(9)3-4-11-8/h3-5H,10H2,1-2H3,(H2,9,11). The lowest BCUT2D eigenvalue weighted by Crippen LogP contribution is -2.03. The van der Waals surface area contributed by atoms with Crippen LogP contribution in [0.4, 0.5) is 11.4 Å². The van der Waals surface area contributed by atoms with Crippen LogP contribution in [0.2, 0.25) is 0 Å². The Hall–Kier alpha value is -1.25. The highest BCUT2D eigenvalue weighted by Crippen LogP contribution is 2.23. The molecule has 1 aromatic rings. The van der Waals surface area contributed by atoms with Gasteiger partial charge in [-0.3, -0.25) is 4.98 Å². The Kier molecular flexibility index (Phi) is 1.98. The fourth-order valence-corrected chi connectivity index (χ4v) is 0.965. The highest BCUT2D eigenvalue weighted by molar-refractivity contribution is 5.65. The molecule has 0 spiro atoms. The number of nitrogens with two attached hydrogens (primary N) is 2. The van der Waals surface area contributed by atoms with Crippen molar-refractivity contribution < 1.29 is 0 Å². The molecule has 0 aliphatic rings. The molecule has 4 N–H and O–H groups in total. The predicted molar refractivity (Wildman–Crippen MR) is 47.2 cm³/mol. The first kappa shape index (κ1) is 7.85. The van der Waals surface area contributed by atoms with E-state index in [2.05, 4.69) is 4.98 Å². The van der Waals surface area contributed by atoms with Crippen molar-refractivity contribution in [3.05, 3.63) is 18.0 Å². The molecule has 0 atom stereocenters. The number of nitrogen functional groups attached to an aromatic ring is 2. The van der Waals surface area contributed by atoms with Gasteiger partial charge in [0.05, 0.1) is 17.1 Å². The molecule has 11 heavy (non-hydrogen) atoms. The molecule has 0 aliphatic heterocycles. The zero-order valence-electron chi connectivity index (χ0n) is 6.83. The maximum absolute atomic E-state index is 5.70. The average Bonchev–Trinajstić information content (AvgIpc) is 1.94. The first-order valence-corrected chi connectivity index (χ1v) is 3.62. The van der Waals surface area contributed by atoms with Crippen LogP contribution in [0.1, 0.15) is 25.5 Å². The highest BCUT2D eigenvalue weighted by Gasteiger charge is 2.06. The highest BCUT2D eigenvalue weighted by atomic mass is 14.8. The smallest absolute Gasteiger partial charge is 0.0769 e. The third-order valence-electron chi connectivity index (χ3n) is 1.60. The van der Waals surface area contributed by atoms with Gasteiger partial charge in [-0.2, -0.15) is 0 Å². The molecule has 60 valence electrons. The van der Waals surface area contributed by atoms with Gasteiger partial charge in [-0.15, -0.1) is 0 Å². The van der Waals surface area contributed by atoms with E-state index in [1.54, 1.807) is 12.3 Å². The van der Waals surface area contributed by atoms with E-state index in [1.165, 1.54) is 0 Å². The summed E-state index contributed by atoms with van der Waals surface area (Å²) in [5, 5.41) is 0. The molecule has 1 aromatic heterocycles. The van der Waals surface area contributed by atoms with Crippen molar-refractivity contribution in [2.75, 3.05) is 11.5 Å². The first-order chi connectivity index (χ1) is 5.13. The maximum atomic E-state index is 5.70. The second-order valence-electron chi connectivity index (χ2n) is 2.85. The van der Waals surface area contributed by atoms with Crippen molar-refractivity contribution in [2.24, 2.45) is 0 Å². The van der Waals surface area contributed by atoms with Crippen LogP contribution >= 0.6 is 0 Å². The van der Waals surface area contributed by atoms with Crippen molar-refractivity contribution in [2.45, 2.75) is 19.8 Å². The van der Waals surface area contributed by atoms with Crippen molar-refractivity contribution in [3.63, 3.8) is 0 Å². The lowest BCUT2D eigenvalue weighted by atomic mass is 10.1. The van der Waals surface area contributed by atoms with Gasteiger partial charge in [0.1, 0.15) is 0 Å². The average molecular weight is 151 g/mol. The second kappa shape index (κ2) is 2.78. The van der Waals surface area contributed by atoms with E-state index in [0.717, 1.165) is 5.69 Å². The van der Waals surface area contributed by atoms with Crippen LogP contribution in [0.5, 0.6) is 0 Å². The summed E-state index contributed by atoms with van der Waals surface area (Å²) in [6.07, 6.45) is 1.68. The SMILES string of the molecule is CC(C)c1nccc(N)c1N. The summed E-state index contributed by atoms with van der Waals surface area (Å²) in [6.45, 7) is 4.08. The van der Waals surface area contributed by atoms with Gasteiger partial charge in [-0.25, -0.2) is 0 Å². The largest absolute Gasteiger partial charge is 0.397 e. The molecule has 0 radical (unpaired) electrons. The Balaban J connectivity index is 3.17.